The molecule has 3 rings (SSSR count). The lowest BCUT2D eigenvalue weighted by atomic mass is 10.1. The number of nitrogens with zero attached hydrogens (tertiary/aromatic N) is 2. The van der Waals surface area contributed by atoms with E-state index in [0.29, 0.717) is 12.1 Å². The molecule has 152 valence electrons. The first-order valence-corrected chi connectivity index (χ1v) is 9.11. The van der Waals surface area contributed by atoms with Crippen molar-refractivity contribution in [2.75, 3.05) is 10.2 Å². The van der Waals surface area contributed by atoms with Gasteiger partial charge in [0, 0.05) is 24.1 Å². The Balaban J connectivity index is 1.75. The molecule has 3 atom stereocenters. The number of amides is 1. The molecule has 2 unspecified atom stereocenters. The minimum atomic E-state index is -4.45. The van der Waals surface area contributed by atoms with Gasteiger partial charge in [-0.3, -0.25) is 4.79 Å². The second-order valence-corrected chi connectivity index (χ2v) is 6.93. The third kappa shape index (κ3) is 4.14. The van der Waals surface area contributed by atoms with Gasteiger partial charge in [0.05, 0.1) is 17.3 Å². The fourth-order valence-corrected chi connectivity index (χ4v) is 3.19. The molecular formula is C19H22F3N3O3. The molecule has 28 heavy (non-hydrogen) atoms. The smallest absolute Gasteiger partial charge is 0.371 e. The van der Waals surface area contributed by atoms with Crippen LogP contribution in [0.15, 0.2) is 34.9 Å². The van der Waals surface area contributed by atoms with Crippen molar-refractivity contribution in [3.8, 4) is 0 Å². The lowest BCUT2D eigenvalue weighted by Gasteiger charge is -2.29. The molecule has 1 saturated heterocycles. The first-order valence-electron chi connectivity index (χ1n) is 9.11. The van der Waals surface area contributed by atoms with Crippen LogP contribution in [0.2, 0.25) is 0 Å². The van der Waals surface area contributed by atoms with E-state index in [9.17, 15) is 23.1 Å². The summed E-state index contributed by atoms with van der Waals surface area (Å²) >= 11 is 0. The first-order chi connectivity index (χ1) is 13.2. The maximum absolute atomic E-state index is 12.8. The number of hydrogen-bond donors (Lipinski definition) is 2. The molecule has 1 amide bonds. The number of alkyl halides is 3. The van der Waals surface area contributed by atoms with E-state index < -0.39 is 24.0 Å². The molecule has 0 aliphatic carbocycles. The average molecular weight is 397 g/mol. The Bertz CT molecular complexity index is 820. The first kappa shape index (κ1) is 20.2. The van der Waals surface area contributed by atoms with Gasteiger partial charge in [-0.05, 0) is 37.1 Å². The van der Waals surface area contributed by atoms with Crippen LogP contribution in [-0.4, -0.2) is 28.4 Å². The maximum Gasteiger partial charge on any atom is 0.416 e. The van der Waals surface area contributed by atoms with E-state index in [1.807, 2.05) is 13.8 Å². The maximum atomic E-state index is 12.8. The lowest BCUT2D eigenvalue weighted by Crippen LogP contribution is -2.44. The minimum absolute atomic E-state index is 0.193. The molecule has 9 heteroatoms. The Kier molecular flexibility index (Phi) is 5.64. The molecule has 2 aromatic rings. The van der Waals surface area contributed by atoms with Crippen LogP contribution in [0.4, 0.5) is 24.7 Å². The van der Waals surface area contributed by atoms with Gasteiger partial charge in [0.1, 0.15) is 6.23 Å². The number of carbonyl (C=O) groups is 1. The Morgan fingerprint density at radius 1 is 1.36 bits per heavy atom. The number of benzene rings is 1. The summed E-state index contributed by atoms with van der Waals surface area (Å²) in [5.74, 6) is 0.214. The lowest BCUT2D eigenvalue weighted by molar-refractivity contribution is -0.137. The predicted octanol–water partition coefficient (Wildman–Crippen LogP) is 4.13. The summed E-state index contributed by atoms with van der Waals surface area (Å²) in [4.78, 5) is 13.6. The van der Waals surface area contributed by atoms with Crippen molar-refractivity contribution in [3.05, 3.63) is 41.6 Å². The molecule has 6 nitrogen and oxygen atoms in total. The van der Waals surface area contributed by atoms with E-state index in [0.717, 1.165) is 24.2 Å². The summed E-state index contributed by atoms with van der Waals surface area (Å²) in [7, 11) is 0. The van der Waals surface area contributed by atoms with Gasteiger partial charge in [-0.2, -0.15) is 13.2 Å². The van der Waals surface area contributed by atoms with Crippen LogP contribution in [0.1, 0.15) is 50.3 Å². The molecular weight excluding hydrogens is 375 g/mol. The van der Waals surface area contributed by atoms with E-state index in [1.54, 1.807) is 6.07 Å². The second kappa shape index (κ2) is 7.83. The number of carbonyl (C=O) groups excluding carboxylic acids is 1. The predicted molar refractivity (Wildman–Crippen MR) is 96.8 cm³/mol. The second-order valence-electron chi connectivity index (χ2n) is 6.93. The van der Waals surface area contributed by atoms with Crippen LogP contribution in [0.3, 0.4) is 0 Å². The highest BCUT2D eigenvalue weighted by molar-refractivity contribution is 5.96. The summed E-state index contributed by atoms with van der Waals surface area (Å²) < 4.78 is 43.5. The van der Waals surface area contributed by atoms with Gasteiger partial charge in [-0.25, -0.2) is 0 Å². The number of aliphatic hydroxyl groups excluding tert-OH is 1. The van der Waals surface area contributed by atoms with E-state index in [-0.39, 0.29) is 24.1 Å². The van der Waals surface area contributed by atoms with Crippen molar-refractivity contribution in [3.63, 3.8) is 0 Å². The van der Waals surface area contributed by atoms with E-state index in [1.165, 1.54) is 17.0 Å². The van der Waals surface area contributed by atoms with Gasteiger partial charge in [-0.15, -0.1) is 0 Å². The molecule has 1 aromatic carbocycles. The molecule has 1 aliphatic heterocycles. The molecule has 2 N–H and O–H groups in total. The average Bonchev–Trinajstić information content (AvgIpc) is 3.27. The third-order valence-corrected chi connectivity index (χ3v) is 5.03. The fraction of sp³-hybridized carbons (Fsp3) is 0.474. The highest BCUT2D eigenvalue weighted by Crippen LogP contribution is 2.33. The number of rotatable bonds is 6. The van der Waals surface area contributed by atoms with Crippen LogP contribution in [0.25, 0.3) is 0 Å². The Morgan fingerprint density at radius 2 is 2.04 bits per heavy atom. The van der Waals surface area contributed by atoms with Crippen molar-refractivity contribution in [2.45, 2.75) is 57.5 Å². The summed E-state index contributed by atoms with van der Waals surface area (Å²) in [6.07, 6.45) is -4.17. The molecule has 0 saturated carbocycles. The zero-order valence-electron chi connectivity index (χ0n) is 15.5. The Morgan fingerprint density at radius 3 is 2.64 bits per heavy atom. The van der Waals surface area contributed by atoms with E-state index in [2.05, 4.69) is 10.5 Å². The Labute approximate surface area is 160 Å². The number of hydrogen-bond acceptors (Lipinski definition) is 5. The van der Waals surface area contributed by atoms with Crippen LogP contribution >= 0.6 is 0 Å². The summed E-state index contributed by atoms with van der Waals surface area (Å²) in [5.41, 5.74) is 0.260. The monoisotopic (exact) mass is 397 g/mol. The largest absolute Gasteiger partial charge is 0.416 e. The van der Waals surface area contributed by atoms with E-state index in [4.69, 9.17) is 4.52 Å². The molecule has 1 aromatic heterocycles. The molecule has 1 aliphatic rings. The van der Waals surface area contributed by atoms with Crippen LogP contribution in [0.5, 0.6) is 0 Å². The van der Waals surface area contributed by atoms with Gasteiger partial charge < -0.3 is 19.8 Å². The summed E-state index contributed by atoms with van der Waals surface area (Å²) in [5, 5.41) is 17.3. The van der Waals surface area contributed by atoms with Gasteiger partial charge in [0.25, 0.3) is 0 Å². The quantitative estimate of drug-likeness (QED) is 0.717. The van der Waals surface area contributed by atoms with Gasteiger partial charge in [-0.1, -0.05) is 19.0 Å². The molecule has 2 heterocycles. The molecule has 0 bridgehead atoms. The minimum Gasteiger partial charge on any atom is -0.371 e. The number of aliphatic hydroxyl groups is 1. The third-order valence-electron chi connectivity index (χ3n) is 5.03. The highest BCUT2D eigenvalue weighted by Gasteiger charge is 2.38. The highest BCUT2D eigenvalue weighted by atomic mass is 19.4. The number of anilines is 2. The van der Waals surface area contributed by atoms with Crippen LogP contribution in [-0.2, 0) is 11.0 Å². The van der Waals surface area contributed by atoms with Gasteiger partial charge in [0.2, 0.25) is 11.8 Å². The molecule has 0 spiro atoms. The van der Waals surface area contributed by atoms with Crippen molar-refractivity contribution in [2.24, 2.45) is 0 Å². The van der Waals surface area contributed by atoms with Crippen LogP contribution in [0, 0.1) is 0 Å². The van der Waals surface area contributed by atoms with E-state index >= 15 is 0 Å². The van der Waals surface area contributed by atoms with Crippen molar-refractivity contribution in [1.29, 1.82) is 0 Å². The molecule has 0 radical (unpaired) electrons. The van der Waals surface area contributed by atoms with Crippen molar-refractivity contribution < 1.29 is 27.6 Å². The summed E-state index contributed by atoms with van der Waals surface area (Å²) in [6.45, 7) is 4.02. The topological polar surface area (TPSA) is 78.6 Å². The van der Waals surface area contributed by atoms with Gasteiger partial charge in [0.15, 0.2) is 0 Å². The number of halogens is 3. The van der Waals surface area contributed by atoms with Crippen molar-refractivity contribution >= 4 is 17.5 Å². The molecule has 1 fully saturated rings. The van der Waals surface area contributed by atoms with Gasteiger partial charge >= 0.3 is 6.18 Å². The number of nitrogens with one attached hydrogen (secondary N) is 1. The fourth-order valence-electron chi connectivity index (χ4n) is 3.19. The zero-order valence-corrected chi connectivity index (χ0v) is 15.5. The zero-order chi connectivity index (χ0) is 20.5. The van der Waals surface area contributed by atoms with Crippen LogP contribution < -0.4 is 10.2 Å². The summed E-state index contributed by atoms with van der Waals surface area (Å²) in [6, 6.07) is 5.37. The standard InChI is InChI=1S/C19H22F3N3O3/c1-3-11(2)14-10-16(28-24-14)23-18(27)15-8-9-17(26)25(15)13-6-4-12(5-7-13)19(20,21)22/h4-7,10-11,15,18,23,27H,3,8-9H2,1-2H3/t11?,15-,18?/m0/s1. The number of aromatic nitrogens is 1. The Hall–Kier alpha value is -2.55. The SMILES string of the molecule is CCC(C)c1cc(NC(O)[C@@H]2CCC(=O)N2c2ccc(C(F)(F)F)cc2)on1. The normalized spacial score (nSPS) is 19.7. The van der Waals surface area contributed by atoms with Crippen molar-refractivity contribution in [1.82, 2.24) is 5.16 Å².